The zero-order valence-corrected chi connectivity index (χ0v) is 13.6. The van der Waals surface area contributed by atoms with Crippen molar-refractivity contribution in [3.05, 3.63) is 11.9 Å². The van der Waals surface area contributed by atoms with E-state index in [9.17, 15) is 4.79 Å². The minimum Gasteiger partial charge on any atom is -0.350 e. The molecule has 1 aliphatic carbocycles. The fourth-order valence-electron chi connectivity index (χ4n) is 3.48. The first-order valence-corrected chi connectivity index (χ1v) is 8.49. The van der Waals surface area contributed by atoms with Gasteiger partial charge in [0.25, 0.3) is 5.91 Å². The van der Waals surface area contributed by atoms with E-state index in [4.69, 9.17) is 0 Å². The van der Waals surface area contributed by atoms with E-state index in [1.54, 1.807) is 6.20 Å². The van der Waals surface area contributed by atoms with Gasteiger partial charge in [0.15, 0.2) is 5.69 Å². The van der Waals surface area contributed by atoms with Gasteiger partial charge in [-0.25, -0.2) is 4.68 Å². The topological polar surface area (TPSA) is 71.8 Å². The average molecular weight is 305 g/mol. The molecule has 0 spiro atoms. The fourth-order valence-corrected chi connectivity index (χ4v) is 3.48. The van der Waals surface area contributed by atoms with Gasteiger partial charge in [-0.1, -0.05) is 19.1 Å². The van der Waals surface area contributed by atoms with Crippen molar-refractivity contribution in [2.45, 2.75) is 52.0 Å². The third-order valence-corrected chi connectivity index (χ3v) is 4.85. The van der Waals surface area contributed by atoms with Crippen LogP contribution >= 0.6 is 0 Å². The lowest BCUT2D eigenvalue weighted by Crippen LogP contribution is -2.31. The number of piperidine rings is 1. The van der Waals surface area contributed by atoms with Crippen LogP contribution in [0.3, 0.4) is 0 Å². The zero-order chi connectivity index (χ0) is 15.6. The summed E-state index contributed by atoms with van der Waals surface area (Å²) in [6.45, 7) is 7.26. The number of carbonyl (C=O) groups excluding carboxylic acids is 1. The van der Waals surface area contributed by atoms with Crippen LogP contribution in [0.1, 0.15) is 62.5 Å². The maximum absolute atomic E-state index is 12.3. The highest BCUT2D eigenvalue weighted by Crippen LogP contribution is 2.50. The number of nitrogens with one attached hydrogen (secondary N) is 2. The summed E-state index contributed by atoms with van der Waals surface area (Å²) in [4.78, 5) is 12.3. The molecule has 0 atom stereocenters. The highest BCUT2D eigenvalue weighted by atomic mass is 16.2. The molecule has 1 aromatic heterocycles. The van der Waals surface area contributed by atoms with Gasteiger partial charge in [-0.15, -0.1) is 5.10 Å². The Kier molecular flexibility index (Phi) is 4.47. The first-order chi connectivity index (χ1) is 10.6. The molecule has 6 nitrogen and oxygen atoms in total. The Balaban J connectivity index is 1.53. The van der Waals surface area contributed by atoms with E-state index >= 15 is 0 Å². The van der Waals surface area contributed by atoms with E-state index in [1.165, 1.54) is 19.3 Å². The third-order valence-electron chi connectivity index (χ3n) is 4.85. The van der Waals surface area contributed by atoms with Crippen LogP contribution in [0.4, 0.5) is 0 Å². The van der Waals surface area contributed by atoms with E-state index < -0.39 is 0 Å². The van der Waals surface area contributed by atoms with Crippen LogP contribution in [0.2, 0.25) is 0 Å². The van der Waals surface area contributed by atoms with Crippen molar-refractivity contribution in [2.75, 3.05) is 19.6 Å². The van der Waals surface area contributed by atoms with Crippen LogP contribution in [0.25, 0.3) is 0 Å². The summed E-state index contributed by atoms with van der Waals surface area (Å²) in [5.41, 5.74) is 0.786. The monoisotopic (exact) mass is 305 g/mol. The van der Waals surface area contributed by atoms with Crippen molar-refractivity contribution in [1.82, 2.24) is 25.6 Å². The predicted molar refractivity (Wildman–Crippen MR) is 84.6 cm³/mol. The Morgan fingerprint density at radius 3 is 2.82 bits per heavy atom. The number of rotatable bonds is 6. The molecule has 0 radical (unpaired) electrons. The molecule has 1 amide bonds. The Hall–Kier alpha value is -1.43. The number of nitrogens with zero attached hydrogens (tertiary/aromatic N) is 3. The van der Waals surface area contributed by atoms with Crippen molar-refractivity contribution >= 4 is 5.91 Å². The molecule has 1 saturated heterocycles. The summed E-state index contributed by atoms with van der Waals surface area (Å²) < 4.78 is 1.86. The van der Waals surface area contributed by atoms with Gasteiger partial charge in [0.05, 0.1) is 12.2 Å². The molecule has 2 N–H and O–H groups in total. The van der Waals surface area contributed by atoms with Crippen molar-refractivity contribution in [2.24, 2.45) is 11.3 Å². The number of hydrogen-bond acceptors (Lipinski definition) is 4. The predicted octanol–water partition coefficient (Wildman–Crippen LogP) is 1.76. The number of amides is 1. The molecule has 1 saturated carbocycles. The Morgan fingerprint density at radius 2 is 2.18 bits per heavy atom. The highest BCUT2D eigenvalue weighted by molar-refractivity contribution is 5.91. The Labute approximate surface area is 132 Å². The van der Waals surface area contributed by atoms with Crippen LogP contribution < -0.4 is 10.6 Å². The molecule has 0 unspecified atom stereocenters. The van der Waals surface area contributed by atoms with Gasteiger partial charge in [-0.3, -0.25) is 4.79 Å². The SMILES string of the molecule is CC(C)CC1(CNC(=O)c2cn(C3CCNCC3)nn2)CC1. The number of aromatic nitrogens is 3. The van der Waals surface area contributed by atoms with Gasteiger partial charge in [-0.05, 0) is 56.5 Å². The smallest absolute Gasteiger partial charge is 0.273 e. The van der Waals surface area contributed by atoms with E-state index in [1.807, 2.05) is 4.68 Å². The van der Waals surface area contributed by atoms with Crippen LogP contribution in [0, 0.1) is 11.3 Å². The van der Waals surface area contributed by atoms with Crippen LogP contribution in [-0.2, 0) is 0 Å². The van der Waals surface area contributed by atoms with Gasteiger partial charge in [0, 0.05) is 6.54 Å². The maximum Gasteiger partial charge on any atom is 0.273 e. The van der Waals surface area contributed by atoms with Crippen molar-refractivity contribution in [1.29, 1.82) is 0 Å². The summed E-state index contributed by atoms with van der Waals surface area (Å²) in [6, 6.07) is 0.367. The van der Waals surface area contributed by atoms with E-state index in [-0.39, 0.29) is 5.91 Å². The maximum atomic E-state index is 12.3. The first kappa shape index (κ1) is 15.5. The Bertz CT molecular complexity index is 514. The summed E-state index contributed by atoms with van der Waals surface area (Å²) in [5, 5.41) is 14.6. The lowest BCUT2D eigenvalue weighted by Gasteiger charge is -2.22. The molecule has 0 aromatic carbocycles. The van der Waals surface area contributed by atoms with Crippen LogP contribution in [-0.4, -0.2) is 40.5 Å². The van der Waals surface area contributed by atoms with Gasteiger partial charge in [0.2, 0.25) is 0 Å². The van der Waals surface area contributed by atoms with Crippen molar-refractivity contribution in [3.8, 4) is 0 Å². The molecular formula is C16H27N5O. The summed E-state index contributed by atoms with van der Waals surface area (Å²) in [6.07, 6.45) is 7.53. The molecule has 22 heavy (non-hydrogen) atoms. The minimum atomic E-state index is -0.0878. The highest BCUT2D eigenvalue weighted by Gasteiger charge is 2.42. The standard InChI is InChI=1S/C16H27N5O/c1-12(2)9-16(5-6-16)11-18-15(22)14-10-21(20-19-14)13-3-7-17-8-4-13/h10,12-13,17H,3-9,11H2,1-2H3,(H,18,22). The zero-order valence-electron chi connectivity index (χ0n) is 13.6. The van der Waals surface area contributed by atoms with Crippen LogP contribution in [0.5, 0.6) is 0 Å². The normalized spacial score (nSPS) is 21.0. The molecular weight excluding hydrogens is 278 g/mol. The Morgan fingerprint density at radius 1 is 1.45 bits per heavy atom. The summed E-state index contributed by atoms with van der Waals surface area (Å²) in [5.74, 6) is 0.593. The molecule has 1 aromatic rings. The molecule has 3 rings (SSSR count). The molecule has 2 aliphatic rings. The van der Waals surface area contributed by atoms with E-state index in [0.29, 0.717) is 23.1 Å². The lowest BCUT2D eigenvalue weighted by atomic mass is 9.94. The molecule has 1 aliphatic heterocycles. The van der Waals surface area contributed by atoms with Gasteiger partial charge < -0.3 is 10.6 Å². The molecule has 2 fully saturated rings. The lowest BCUT2D eigenvalue weighted by molar-refractivity contribution is 0.0937. The van der Waals surface area contributed by atoms with E-state index in [0.717, 1.165) is 32.5 Å². The summed E-state index contributed by atoms with van der Waals surface area (Å²) in [7, 11) is 0. The van der Waals surface area contributed by atoms with Gasteiger partial charge in [-0.2, -0.15) is 0 Å². The quantitative estimate of drug-likeness (QED) is 0.840. The number of carbonyl (C=O) groups is 1. The molecule has 6 heteroatoms. The largest absolute Gasteiger partial charge is 0.350 e. The minimum absolute atomic E-state index is 0.0878. The molecule has 2 heterocycles. The third kappa shape index (κ3) is 3.66. The second kappa shape index (κ2) is 6.36. The number of hydrogen-bond donors (Lipinski definition) is 2. The second-order valence-electron chi connectivity index (χ2n) is 7.35. The molecule has 0 bridgehead atoms. The van der Waals surface area contributed by atoms with Gasteiger partial charge >= 0.3 is 0 Å². The fraction of sp³-hybridized carbons (Fsp3) is 0.812. The van der Waals surface area contributed by atoms with Crippen LogP contribution in [0.15, 0.2) is 6.20 Å². The first-order valence-electron chi connectivity index (χ1n) is 8.49. The second-order valence-corrected chi connectivity index (χ2v) is 7.35. The molecule has 122 valence electrons. The van der Waals surface area contributed by atoms with E-state index in [2.05, 4.69) is 34.8 Å². The summed E-state index contributed by atoms with van der Waals surface area (Å²) >= 11 is 0. The van der Waals surface area contributed by atoms with Crippen molar-refractivity contribution < 1.29 is 4.79 Å². The average Bonchev–Trinajstić information content (AvgIpc) is 3.09. The van der Waals surface area contributed by atoms with Gasteiger partial charge in [0.1, 0.15) is 0 Å². The van der Waals surface area contributed by atoms with Crippen molar-refractivity contribution in [3.63, 3.8) is 0 Å².